The van der Waals surface area contributed by atoms with Gasteiger partial charge in [-0.05, 0) is 17.7 Å². The SMILES string of the molecule is COC(=O)c1ccc(CNOCC(N)=O)c(Br)c1. The number of benzene rings is 1. The van der Waals surface area contributed by atoms with Crippen LogP contribution in [0.4, 0.5) is 0 Å². The number of hydrogen-bond acceptors (Lipinski definition) is 5. The highest BCUT2D eigenvalue weighted by molar-refractivity contribution is 9.10. The Labute approximate surface area is 113 Å². The van der Waals surface area contributed by atoms with Crippen molar-refractivity contribution in [1.29, 1.82) is 0 Å². The van der Waals surface area contributed by atoms with Gasteiger partial charge in [-0.1, -0.05) is 22.0 Å². The van der Waals surface area contributed by atoms with E-state index >= 15 is 0 Å². The Hall–Kier alpha value is -1.44. The first kappa shape index (κ1) is 14.6. The number of halogens is 1. The number of carbonyl (C=O) groups is 2. The number of esters is 1. The van der Waals surface area contributed by atoms with Crippen molar-refractivity contribution >= 4 is 27.8 Å². The molecular formula is C11H13BrN2O4. The molecule has 0 aliphatic rings. The molecule has 1 aromatic carbocycles. The molecule has 0 fully saturated rings. The quantitative estimate of drug-likeness (QED) is 0.459. The molecule has 0 saturated heterocycles. The summed E-state index contributed by atoms with van der Waals surface area (Å²) in [5, 5.41) is 0. The maximum absolute atomic E-state index is 11.3. The molecule has 0 aromatic heterocycles. The van der Waals surface area contributed by atoms with E-state index in [9.17, 15) is 9.59 Å². The van der Waals surface area contributed by atoms with Gasteiger partial charge in [0, 0.05) is 11.0 Å². The zero-order chi connectivity index (χ0) is 13.5. The monoisotopic (exact) mass is 316 g/mol. The van der Waals surface area contributed by atoms with Crippen molar-refractivity contribution in [2.45, 2.75) is 6.54 Å². The first-order chi connectivity index (χ1) is 8.54. The third-order valence-corrected chi connectivity index (χ3v) is 2.79. The van der Waals surface area contributed by atoms with Crippen LogP contribution in [0.1, 0.15) is 15.9 Å². The molecular weight excluding hydrogens is 304 g/mol. The van der Waals surface area contributed by atoms with E-state index in [2.05, 4.69) is 26.1 Å². The second-order valence-electron chi connectivity index (χ2n) is 3.37. The van der Waals surface area contributed by atoms with Gasteiger partial charge in [-0.25, -0.2) is 4.79 Å². The number of ether oxygens (including phenoxy) is 1. The molecule has 0 heterocycles. The molecule has 6 nitrogen and oxygen atoms in total. The first-order valence-corrected chi connectivity index (χ1v) is 5.83. The number of nitrogens with one attached hydrogen (secondary N) is 1. The van der Waals surface area contributed by atoms with E-state index in [4.69, 9.17) is 10.6 Å². The molecule has 0 unspecified atom stereocenters. The van der Waals surface area contributed by atoms with Crippen LogP contribution in [0.2, 0.25) is 0 Å². The largest absolute Gasteiger partial charge is 0.465 e. The summed E-state index contributed by atoms with van der Waals surface area (Å²) in [6.45, 7) is 0.174. The molecule has 3 N–H and O–H groups in total. The molecule has 98 valence electrons. The fourth-order valence-corrected chi connectivity index (χ4v) is 1.71. The summed E-state index contributed by atoms with van der Waals surface area (Å²) < 4.78 is 5.34. The normalized spacial score (nSPS) is 10.1. The van der Waals surface area contributed by atoms with E-state index in [0.29, 0.717) is 12.1 Å². The minimum Gasteiger partial charge on any atom is -0.465 e. The summed E-state index contributed by atoms with van der Waals surface area (Å²) >= 11 is 3.33. The van der Waals surface area contributed by atoms with Crippen LogP contribution < -0.4 is 11.2 Å². The number of primary amides is 1. The van der Waals surface area contributed by atoms with Crippen molar-refractivity contribution < 1.29 is 19.2 Å². The maximum atomic E-state index is 11.3. The molecule has 0 aliphatic heterocycles. The highest BCUT2D eigenvalue weighted by Gasteiger charge is 2.08. The molecule has 0 saturated carbocycles. The molecule has 0 bridgehead atoms. The van der Waals surface area contributed by atoms with Crippen LogP contribution in [0, 0.1) is 0 Å². The van der Waals surface area contributed by atoms with Crippen LogP contribution in [0.15, 0.2) is 22.7 Å². The van der Waals surface area contributed by atoms with E-state index in [1.165, 1.54) is 7.11 Å². The Kier molecular flexibility index (Phi) is 5.76. The lowest BCUT2D eigenvalue weighted by Gasteiger charge is -2.07. The molecule has 1 amide bonds. The molecule has 1 aromatic rings. The predicted octanol–water partition coefficient (Wildman–Crippen LogP) is 0.742. The molecule has 0 aliphatic carbocycles. The number of rotatable bonds is 6. The van der Waals surface area contributed by atoms with Gasteiger partial charge >= 0.3 is 5.97 Å². The molecule has 7 heteroatoms. The van der Waals surface area contributed by atoms with Crippen LogP contribution in [-0.2, 0) is 20.9 Å². The van der Waals surface area contributed by atoms with E-state index in [-0.39, 0.29) is 6.61 Å². The summed E-state index contributed by atoms with van der Waals surface area (Å²) in [5.74, 6) is -0.956. The van der Waals surface area contributed by atoms with Gasteiger partial charge in [0.25, 0.3) is 0 Å². The molecule has 0 atom stereocenters. The first-order valence-electron chi connectivity index (χ1n) is 5.04. The molecule has 0 radical (unpaired) electrons. The van der Waals surface area contributed by atoms with Crippen LogP contribution in [0.5, 0.6) is 0 Å². The van der Waals surface area contributed by atoms with Crippen molar-refractivity contribution in [3.8, 4) is 0 Å². The summed E-state index contributed by atoms with van der Waals surface area (Å²) in [6.07, 6.45) is 0. The lowest BCUT2D eigenvalue weighted by molar-refractivity contribution is -0.125. The Morgan fingerprint density at radius 2 is 2.17 bits per heavy atom. The van der Waals surface area contributed by atoms with Crippen molar-refractivity contribution in [2.24, 2.45) is 5.73 Å². The minimum atomic E-state index is -0.553. The van der Waals surface area contributed by atoms with Crippen LogP contribution in [0.3, 0.4) is 0 Å². The lowest BCUT2D eigenvalue weighted by atomic mass is 10.1. The lowest BCUT2D eigenvalue weighted by Crippen LogP contribution is -2.24. The maximum Gasteiger partial charge on any atom is 0.337 e. The van der Waals surface area contributed by atoms with Gasteiger partial charge in [-0.2, -0.15) is 5.48 Å². The topological polar surface area (TPSA) is 90.7 Å². The number of nitrogens with two attached hydrogens (primary N) is 1. The third kappa shape index (κ3) is 4.44. The van der Waals surface area contributed by atoms with Crippen LogP contribution >= 0.6 is 15.9 Å². The fraction of sp³-hybridized carbons (Fsp3) is 0.273. The summed E-state index contributed by atoms with van der Waals surface area (Å²) in [5.41, 5.74) is 8.81. The molecule has 0 spiro atoms. The third-order valence-electron chi connectivity index (χ3n) is 2.05. The van der Waals surface area contributed by atoms with Gasteiger partial charge in [0.15, 0.2) is 0 Å². The van der Waals surface area contributed by atoms with Crippen LogP contribution in [-0.4, -0.2) is 25.6 Å². The van der Waals surface area contributed by atoms with Gasteiger partial charge in [0.1, 0.15) is 6.61 Å². The van der Waals surface area contributed by atoms with Crippen molar-refractivity contribution in [1.82, 2.24) is 5.48 Å². The summed E-state index contributed by atoms with van der Waals surface area (Å²) in [7, 11) is 1.32. The number of hydroxylamine groups is 1. The highest BCUT2D eigenvalue weighted by atomic mass is 79.9. The highest BCUT2D eigenvalue weighted by Crippen LogP contribution is 2.19. The van der Waals surface area contributed by atoms with Crippen molar-refractivity contribution in [3.63, 3.8) is 0 Å². The van der Waals surface area contributed by atoms with E-state index in [0.717, 1.165) is 10.0 Å². The zero-order valence-corrected chi connectivity index (χ0v) is 11.3. The fourth-order valence-electron chi connectivity index (χ4n) is 1.19. The molecule has 1 rings (SSSR count). The van der Waals surface area contributed by atoms with Gasteiger partial charge in [0.2, 0.25) is 5.91 Å². The second kappa shape index (κ2) is 7.10. The number of amides is 1. The Morgan fingerprint density at radius 1 is 1.44 bits per heavy atom. The Balaban J connectivity index is 2.57. The van der Waals surface area contributed by atoms with Gasteiger partial charge < -0.3 is 10.5 Å². The second-order valence-corrected chi connectivity index (χ2v) is 4.23. The predicted molar refractivity (Wildman–Crippen MR) is 67.5 cm³/mol. The van der Waals surface area contributed by atoms with E-state index in [1.54, 1.807) is 18.2 Å². The average Bonchev–Trinajstić information content (AvgIpc) is 2.34. The Bertz CT molecular complexity index is 451. The summed E-state index contributed by atoms with van der Waals surface area (Å²) in [6, 6.07) is 5.04. The average molecular weight is 317 g/mol. The van der Waals surface area contributed by atoms with Gasteiger partial charge in [-0.15, -0.1) is 0 Å². The zero-order valence-electron chi connectivity index (χ0n) is 9.73. The molecule has 18 heavy (non-hydrogen) atoms. The van der Waals surface area contributed by atoms with Crippen molar-refractivity contribution in [3.05, 3.63) is 33.8 Å². The number of hydrogen-bond donors (Lipinski definition) is 2. The van der Waals surface area contributed by atoms with E-state index in [1.807, 2.05) is 0 Å². The summed E-state index contributed by atoms with van der Waals surface area (Å²) in [4.78, 5) is 26.5. The Morgan fingerprint density at radius 3 is 2.72 bits per heavy atom. The standard InChI is InChI=1S/C11H13BrN2O4/c1-17-11(16)7-2-3-8(9(12)4-7)5-14-18-6-10(13)15/h2-4,14H,5-6H2,1H3,(H2,13,15). The van der Waals surface area contributed by atoms with Crippen LogP contribution in [0.25, 0.3) is 0 Å². The van der Waals surface area contributed by atoms with E-state index < -0.39 is 11.9 Å². The smallest absolute Gasteiger partial charge is 0.337 e. The van der Waals surface area contributed by atoms with Gasteiger partial charge in [0.05, 0.1) is 12.7 Å². The number of methoxy groups -OCH3 is 1. The van der Waals surface area contributed by atoms with Crippen molar-refractivity contribution in [2.75, 3.05) is 13.7 Å². The number of carbonyl (C=O) groups excluding carboxylic acids is 2. The van der Waals surface area contributed by atoms with Gasteiger partial charge in [-0.3, -0.25) is 9.63 Å². The minimum absolute atomic E-state index is 0.197.